The van der Waals surface area contributed by atoms with Crippen molar-refractivity contribution in [2.75, 3.05) is 26.6 Å². The second kappa shape index (κ2) is 9.92. The van der Waals surface area contributed by atoms with Crippen molar-refractivity contribution in [1.82, 2.24) is 0 Å². The molecular weight excluding hydrogens is 440 g/mol. The van der Waals surface area contributed by atoms with Crippen LogP contribution in [0.25, 0.3) is 0 Å². The topological polar surface area (TPSA) is 78.1 Å². The number of nitrogens with zero attached hydrogens (tertiary/aromatic N) is 1. The Bertz CT molecular complexity index is 741. The molecule has 0 radical (unpaired) electrons. The summed E-state index contributed by atoms with van der Waals surface area (Å²) in [5.74, 6) is 1.19. The number of hydrogen-bond donors (Lipinski definition) is 2. The smallest absolute Gasteiger partial charge is 0.193 e. The van der Waals surface area contributed by atoms with Gasteiger partial charge in [-0.15, -0.1) is 24.0 Å². The lowest BCUT2D eigenvalue weighted by Gasteiger charge is -2.12. The minimum Gasteiger partial charge on any atom is -0.497 e. The zero-order valence-corrected chi connectivity index (χ0v) is 16.5. The second-order valence-electron chi connectivity index (χ2n) is 4.86. The molecule has 6 nitrogen and oxygen atoms in total. The molecule has 3 N–H and O–H groups in total. The minimum atomic E-state index is -0.439. The molecule has 0 atom stereocenters. The molecule has 0 saturated heterocycles. The quantitative estimate of drug-likeness (QED) is 0.392. The highest BCUT2D eigenvalue weighted by Gasteiger charge is 2.07. The molecule has 25 heavy (non-hydrogen) atoms. The van der Waals surface area contributed by atoms with Crippen LogP contribution in [0.4, 0.5) is 10.1 Å². The zero-order valence-electron chi connectivity index (χ0n) is 14.2. The molecule has 0 aliphatic rings. The van der Waals surface area contributed by atoms with Gasteiger partial charge in [-0.3, -0.25) is 0 Å². The van der Waals surface area contributed by atoms with Crippen LogP contribution in [0.3, 0.4) is 0 Å². The number of benzene rings is 2. The van der Waals surface area contributed by atoms with E-state index < -0.39 is 5.82 Å². The molecule has 0 aliphatic carbocycles. The molecule has 0 bridgehead atoms. The van der Waals surface area contributed by atoms with Gasteiger partial charge in [0.1, 0.15) is 11.5 Å². The maximum atomic E-state index is 13.7. The summed E-state index contributed by atoms with van der Waals surface area (Å²) in [6, 6.07) is 9.92. The highest BCUT2D eigenvalue weighted by Crippen LogP contribution is 2.28. The van der Waals surface area contributed by atoms with Gasteiger partial charge < -0.3 is 25.3 Å². The zero-order chi connectivity index (χ0) is 17.5. The fraction of sp³-hybridized carbons (Fsp3) is 0.235. The molecule has 0 amide bonds. The Morgan fingerprint density at radius 2 is 1.72 bits per heavy atom. The van der Waals surface area contributed by atoms with Crippen LogP contribution in [0.1, 0.15) is 5.56 Å². The lowest BCUT2D eigenvalue weighted by molar-refractivity contribution is 0.386. The number of halogens is 2. The van der Waals surface area contributed by atoms with Crippen LogP contribution in [-0.2, 0) is 6.54 Å². The van der Waals surface area contributed by atoms with E-state index in [1.807, 2.05) is 0 Å². The fourth-order valence-electron chi connectivity index (χ4n) is 2.07. The van der Waals surface area contributed by atoms with E-state index in [0.717, 1.165) is 0 Å². The van der Waals surface area contributed by atoms with Crippen molar-refractivity contribution in [3.8, 4) is 17.2 Å². The Morgan fingerprint density at radius 3 is 2.32 bits per heavy atom. The van der Waals surface area contributed by atoms with Crippen molar-refractivity contribution in [2.24, 2.45) is 10.7 Å². The van der Waals surface area contributed by atoms with E-state index in [9.17, 15) is 4.39 Å². The highest BCUT2D eigenvalue weighted by molar-refractivity contribution is 14.0. The van der Waals surface area contributed by atoms with Gasteiger partial charge in [-0.2, -0.15) is 0 Å². The van der Waals surface area contributed by atoms with Gasteiger partial charge in [0.05, 0.1) is 33.6 Å². The first kappa shape index (κ1) is 20.8. The van der Waals surface area contributed by atoms with Crippen LogP contribution in [-0.4, -0.2) is 27.3 Å². The van der Waals surface area contributed by atoms with Crippen LogP contribution in [0.2, 0.25) is 0 Å². The van der Waals surface area contributed by atoms with Crippen LogP contribution in [0.15, 0.2) is 41.4 Å². The molecule has 0 unspecified atom stereocenters. The van der Waals surface area contributed by atoms with Gasteiger partial charge in [0.15, 0.2) is 17.5 Å². The Hall–Kier alpha value is -2.23. The highest BCUT2D eigenvalue weighted by atomic mass is 127. The van der Waals surface area contributed by atoms with Crippen molar-refractivity contribution >= 4 is 35.6 Å². The first-order valence-electron chi connectivity index (χ1n) is 7.18. The third-order valence-electron chi connectivity index (χ3n) is 3.32. The third-order valence-corrected chi connectivity index (χ3v) is 3.32. The van der Waals surface area contributed by atoms with Gasteiger partial charge in [0.25, 0.3) is 0 Å². The molecule has 0 fully saturated rings. The number of guanidine groups is 1. The summed E-state index contributed by atoms with van der Waals surface area (Å²) in [7, 11) is 4.54. The monoisotopic (exact) mass is 461 g/mol. The molecule has 136 valence electrons. The fourth-order valence-corrected chi connectivity index (χ4v) is 2.07. The predicted molar refractivity (Wildman–Crippen MR) is 107 cm³/mol. The molecule has 0 aliphatic heterocycles. The van der Waals surface area contributed by atoms with Crippen LogP contribution < -0.4 is 25.3 Å². The molecule has 0 spiro atoms. The average Bonchev–Trinajstić information content (AvgIpc) is 2.60. The van der Waals surface area contributed by atoms with Crippen LogP contribution >= 0.6 is 24.0 Å². The van der Waals surface area contributed by atoms with Crippen LogP contribution in [0.5, 0.6) is 17.2 Å². The molecule has 0 saturated carbocycles. The van der Waals surface area contributed by atoms with E-state index >= 15 is 0 Å². The van der Waals surface area contributed by atoms with E-state index in [2.05, 4.69) is 10.3 Å². The minimum absolute atomic E-state index is 0. The van der Waals surface area contributed by atoms with E-state index in [4.69, 9.17) is 19.9 Å². The van der Waals surface area contributed by atoms with Crippen molar-refractivity contribution in [1.29, 1.82) is 0 Å². The maximum absolute atomic E-state index is 13.7. The Kier molecular flexibility index (Phi) is 8.26. The lowest BCUT2D eigenvalue weighted by atomic mass is 10.2. The number of nitrogens with one attached hydrogen (secondary N) is 1. The van der Waals surface area contributed by atoms with Gasteiger partial charge in [0.2, 0.25) is 0 Å². The molecule has 2 aromatic rings. The lowest BCUT2D eigenvalue weighted by Crippen LogP contribution is -2.23. The number of hydrogen-bond acceptors (Lipinski definition) is 4. The molecule has 2 aromatic carbocycles. The summed E-state index contributed by atoms with van der Waals surface area (Å²) >= 11 is 0. The van der Waals surface area contributed by atoms with Gasteiger partial charge in [-0.05, 0) is 29.8 Å². The Balaban J connectivity index is 0.00000312. The number of aliphatic imine (C=N–C) groups is 1. The maximum Gasteiger partial charge on any atom is 0.193 e. The van der Waals surface area contributed by atoms with E-state index in [1.165, 1.54) is 13.2 Å². The normalized spacial score (nSPS) is 10.6. The Labute approximate surface area is 163 Å². The number of ether oxygens (including phenoxy) is 3. The second-order valence-corrected chi connectivity index (χ2v) is 4.86. The van der Waals surface area contributed by atoms with Gasteiger partial charge in [-0.1, -0.05) is 6.07 Å². The number of nitrogens with two attached hydrogens (primary N) is 1. The van der Waals surface area contributed by atoms with Crippen molar-refractivity contribution in [3.05, 3.63) is 47.8 Å². The van der Waals surface area contributed by atoms with Gasteiger partial charge in [0, 0.05) is 6.07 Å². The first-order chi connectivity index (χ1) is 11.6. The average molecular weight is 461 g/mol. The third kappa shape index (κ3) is 5.66. The van der Waals surface area contributed by atoms with Crippen molar-refractivity contribution in [3.63, 3.8) is 0 Å². The summed E-state index contributed by atoms with van der Waals surface area (Å²) in [4.78, 5) is 4.20. The SMILES string of the molecule is COc1ccc(OC)c(NC(N)=NCc2ccc(OC)c(F)c2)c1.I. The van der Waals surface area contributed by atoms with Crippen molar-refractivity contribution in [2.45, 2.75) is 6.54 Å². The van der Waals surface area contributed by atoms with E-state index in [-0.39, 0.29) is 42.2 Å². The summed E-state index contributed by atoms with van der Waals surface area (Å²) in [6.07, 6.45) is 0. The molecule has 0 heterocycles. The Morgan fingerprint density at radius 1 is 1.04 bits per heavy atom. The number of anilines is 1. The standard InChI is InChI=1S/C17H20FN3O3.HI/c1-22-12-5-7-16(24-3)14(9-12)21-17(19)20-10-11-4-6-15(23-2)13(18)8-11;/h4-9H,10H2,1-3H3,(H3,19,20,21);1H. The summed E-state index contributed by atoms with van der Waals surface area (Å²) in [5, 5.41) is 2.95. The molecular formula is C17H21FIN3O3. The molecule has 2 rings (SSSR count). The van der Waals surface area contributed by atoms with Crippen LogP contribution in [0, 0.1) is 5.82 Å². The number of rotatable bonds is 6. The summed E-state index contributed by atoms with van der Waals surface area (Å²) in [6.45, 7) is 0.228. The molecule has 0 aromatic heterocycles. The van der Waals surface area contributed by atoms with E-state index in [0.29, 0.717) is 22.7 Å². The largest absolute Gasteiger partial charge is 0.497 e. The van der Waals surface area contributed by atoms with Gasteiger partial charge in [-0.25, -0.2) is 9.38 Å². The van der Waals surface area contributed by atoms with E-state index in [1.54, 1.807) is 44.6 Å². The summed E-state index contributed by atoms with van der Waals surface area (Å²) in [5.41, 5.74) is 7.19. The van der Waals surface area contributed by atoms with Gasteiger partial charge >= 0.3 is 0 Å². The predicted octanol–water partition coefficient (Wildman–Crippen LogP) is 3.40. The number of methoxy groups -OCH3 is 3. The molecule has 8 heteroatoms. The summed E-state index contributed by atoms with van der Waals surface area (Å²) < 4.78 is 29.0. The van der Waals surface area contributed by atoms with Crippen molar-refractivity contribution < 1.29 is 18.6 Å². The first-order valence-corrected chi connectivity index (χ1v) is 7.18.